The maximum absolute atomic E-state index is 13.9. The first-order valence-electron chi connectivity index (χ1n) is 10.4. The minimum atomic E-state index is -4.52. The first-order chi connectivity index (χ1) is 14.7. The molecule has 1 aromatic heterocycles. The van der Waals surface area contributed by atoms with Gasteiger partial charge in [-0.3, -0.25) is 4.79 Å². The number of carbonyl (C=O) groups excluding carboxylic acids is 1. The van der Waals surface area contributed by atoms with Crippen molar-refractivity contribution in [1.82, 2.24) is 14.7 Å². The van der Waals surface area contributed by atoms with Crippen LogP contribution in [-0.4, -0.2) is 39.4 Å². The van der Waals surface area contributed by atoms with Gasteiger partial charge >= 0.3 is 6.18 Å². The summed E-state index contributed by atoms with van der Waals surface area (Å²) in [5.41, 5.74) is 0.623. The first kappa shape index (κ1) is 22.3. The molecule has 0 spiro atoms. The predicted molar refractivity (Wildman–Crippen MR) is 114 cm³/mol. The number of nitrogens with one attached hydrogen (secondary N) is 1. The van der Waals surface area contributed by atoms with Gasteiger partial charge in [0.25, 0.3) is 5.91 Å². The van der Waals surface area contributed by atoms with Crippen LogP contribution in [0.15, 0.2) is 24.3 Å². The molecule has 5 nitrogen and oxygen atoms in total. The van der Waals surface area contributed by atoms with Gasteiger partial charge in [-0.05, 0) is 43.4 Å². The number of benzene rings is 1. The fourth-order valence-electron chi connectivity index (χ4n) is 4.47. The van der Waals surface area contributed by atoms with Gasteiger partial charge in [-0.15, -0.1) is 0 Å². The molecule has 2 aliphatic heterocycles. The summed E-state index contributed by atoms with van der Waals surface area (Å²) in [5, 5.41) is 7.80. The summed E-state index contributed by atoms with van der Waals surface area (Å²) in [7, 11) is 0. The van der Waals surface area contributed by atoms with Crippen molar-refractivity contribution in [3.63, 3.8) is 0 Å². The van der Waals surface area contributed by atoms with Crippen LogP contribution in [0.4, 0.5) is 19.0 Å². The Balaban J connectivity index is 1.67. The number of aromatic nitrogens is 2. The molecule has 1 saturated heterocycles. The molecule has 2 aromatic rings. The van der Waals surface area contributed by atoms with Crippen LogP contribution in [0.25, 0.3) is 0 Å². The van der Waals surface area contributed by atoms with E-state index in [1.165, 1.54) is 6.07 Å². The van der Waals surface area contributed by atoms with Crippen molar-refractivity contribution in [2.75, 3.05) is 11.9 Å². The number of hydrogen-bond donors (Lipinski definition) is 1. The minimum Gasteiger partial charge on any atom is -0.363 e. The summed E-state index contributed by atoms with van der Waals surface area (Å²) in [6, 6.07) is 3.79. The summed E-state index contributed by atoms with van der Waals surface area (Å²) in [6.45, 7) is 2.61. The van der Waals surface area contributed by atoms with E-state index in [4.69, 9.17) is 23.2 Å². The molecule has 1 amide bonds. The van der Waals surface area contributed by atoms with E-state index >= 15 is 0 Å². The molecule has 168 valence electrons. The standard InChI is InChI=1S/C21H23Cl2F3N4O/c1-2-13-5-3-4-8-29(13)20(31)17-11-19-27-16(12-6-7-14(22)15(23)9-12)10-18(21(24,25)26)30(19)28-17/h6-7,9,11,13,16,18,27H,2-5,8,10H2,1H3/t13-,16+,18-/m0/s1. The molecule has 1 fully saturated rings. The van der Waals surface area contributed by atoms with E-state index in [2.05, 4.69) is 10.4 Å². The maximum Gasteiger partial charge on any atom is 0.410 e. The number of fused-ring (bicyclic) bond motifs is 1. The number of likely N-dealkylation sites (tertiary alicyclic amines) is 1. The summed E-state index contributed by atoms with van der Waals surface area (Å²) < 4.78 is 42.6. The van der Waals surface area contributed by atoms with Gasteiger partial charge in [-0.2, -0.15) is 18.3 Å². The Morgan fingerprint density at radius 3 is 2.68 bits per heavy atom. The number of piperidine rings is 1. The summed E-state index contributed by atoms with van der Waals surface area (Å²) in [4.78, 5) is 14.8. The lowest BCUT2D eigenvalue weighted by Crippen LogP contribution is -2.43. The number of amides is 1. The molecule has 0 radical (unpaired) electrons. The zero-order chi connectivity index (χ0) is 22.3. The van der Waals surface area contributed by atoms with Crippen molar-refractivity contribution in [3.05, 3.63) is 45.6 Å². The zero-order valence-corrected chi connectivity index (χ0v) is 18.4. The van der Waals surface area contributed by atoms with Crippen LogP contribution in [0, 0.1) is 0 Å². The van der Waals surface area contributed by atoms with Crippen LogP contribution in [0.3, 0.4) is 0 Å². The van der Waals surface area contributed by atoms with Crippen molar-refractivity contribution in [3.8, 4) is 0 Å². The van der Waals surface area contributed by atoms with Crippen molar-refractivity contribution in [2.45, 2.75) is 63.3 Å². The third kappa shape index (κ3) is 4.37. The van der Waals surface area contributed by atoms with Gasteiger partial charge < -0.3 is 10.2 Å². The molecule has 0 bridgehead atoms. The molecule has 3 heterocycles. The Hall–Kier alpha value is -1.93. The average Bonchev–Trinajstić information content (AvgIpc) is 3.17. The molecule has 3 atom stereocenters. The highest BCUT2D eigenvalue weighted by Gasteiger charge is 2.47. The fraction of sp³-hybridized carbons (Fsp3) is 0.524. The lowest BCUT2D eigenvalue weighted by molar-refractivity contribution is -0.173. The van der Waals surface area contributed by atoms with E-state index < -0.39 is 18.3 Å². The highest BCUT2D eigenvalue weighted by molar-refractivity contribution is 6.42. The van der Waals surface area contributed by atoms with Crippen molar-refractivity contribution in [1.29, 1.82) is 0 Å². The lowest BCUT2D eigenvalue weighted by atomic mass is 9.97. The van der Waals surface area contributed by atoms with Gasteiger partial charge in [-0.25, -0.2) is 4.68 Å². The largest absolute Gasteiger partial charge is 0.410 e. The van der Waals surface area contributed by atoms with Crippen LogP contribution in [0.5, 0.6) is 0 Å². The third-order valence-corrected chi connectivity index (χ3v) is 6.85. The van der Waals surface area contributed by atoms with Gasteiger partial charge in [-0.1, -0.05) is 36.2 Å². The molecular formula is C21H23Cl2F3N4O. The molecule has 1 N–H and O–H groups in total. The van der Waals surface area contributed by atoms with Crippen molar-refractivity contribution in [2.24, 2.45) is 0 Å². The SMILES string of the molecule is CC[C@H]1CCCCN1C(=O)c1cc2n(n1)[C@H](C(F)(F)F)C[C@H](c1ccc(Cl)c(Cl)c1)N2. The smallest absolute Gasteiger partial charge is 0.363 e. The van der Waals surface area contributed by atoms with Crippen molar-refractivity contribution < 1.29 is 18.0 Å². The van der Waals surface area contributed by atoms with E-state index in [-0.39, 0.29) is 34.9 Å². The predicted octanol–water partition coefficient (Wildman–Crippen LogP) is 6.25. The molecule has 31 heavy (non-hydrogen) atoms. The second kappa shape index (κ2) is 8.54. The highest BCUT2D eigenvalue weighted by atomic mass is 35.5. The minimum absolute atomic E-state index is 0.0342. The summed E-state index contributed by atoms with van der Waals surface area (Å²) >= 11 is 12.0. The number of halogens is 5. The first-order valence-corrected chi connectivity index (χ1v) is 11.1. The molecular weight excluding hydrogens is 452 g/mol. The van der Waals surface area contributed by atoms with Crippen LogP contribution >= 0.6 is 23.2 Å². The molecule has 1 aromatic carbocycles. The second-order valence-electron chi connectivity index (χ2n) is 8.08. The van der Waals surface area contributed by atoms with Crippen molar-refractivity contribution >= 4 is 34.9 Å². The normalized spacial score (nSPS) is 23.9. The van der Waals surface area contributed by atoms with E-state index in [1.807, 2.05) is 6.92 Å². The van der Waals surface area contributed by atoms with Crippen LogP contribution < -0.4 is 5.32 Å². The topological polar surface area (TPSA) is 50.2 Å². The van der Waals surface area contributed by atoms with Crippen LogP contribution in [-0.2, 0) is 0 Å². The number of alkyl halides is 3. The highest BCUT2D eigenvalue weighted by Crippen LogP contribution is 2.44. The van der Waals surface area contributed by atoms with Gasteiger partial charge in [0.1, 0.15) is 5.82 Å². The molecule has 4 rings (SSSR count). The number of rotatable bonds is 3. The number of nitrogens with zero attached hydrogens (tertiary/aromatic N) is 3. The van der Waals surface area contributed by atoms with E-state index in [9.17, 15) is 18.0 Å². The molecule has 2 aliphatic rings. The Morgan fingerprint density at radius 2 is 2.00 bits per heavy atom. The Morgan fingerprint density at radius 1 is 1.23 bits per heavy atom. The number of anilines is 1. The quantitative estimate of drug-likeness (QED) is 0.571. The molecule has 10 heteroatoms. The van der Waals surface area contributed by atoms with Gasteiger partial charge in [0.15, 0.2) is 11.7 Å². The Bertz CT molecular complexity index is 978. The molecule has 0 aliphatic carbocycles. The Labute approximate surface area is 188 Å². The van der Waals surface area contributed by atoms with Gasteiger partial charge in [0, 0.05) is 25.1 Å². The second-order valence-corrected chi connectivity index (χ2v) is 8.89. The summed E-state index contributed by atoms with van der Waals surface area (Å²) in [6.07, 6.45) is -1.15. The third-order valence-electron chi connectivity index (χ3n) is 6.11. The average molecular weight is 475 g/mol. The van der Waals surface area contributed by atoms with Crippen LogP contribution in [0.2, 0.25) is 10.0 Å². The monoisotopic (exact) mass is 474 g/mol. The fourth-order valence-corrected chi connectivity index (χ4v) is 4.77. The lowest BCUT2D eigenvalue weighted by Gasteiger charge is -2.34. The zero-order valence-electron chi connectivity index (χ0n) is 16.9. The summed E-state index contributed by atoms with van der Waals surface area (Å²) in [5.74, 6) is -0.152. The maximum atomic E-state index is 13.9. The van der Waals surface area contributed by atoms with E-state index in [0.717, 1.165) is 30.4 Å². The molecule has 0 unspecified atom stereocenters. The van der Waals surface area contributed by atoms with Gasteiger partial charge in [0.05, 0.1) is 16.1 Å². The van der Waals surface area contributed by atoms with Gasteiger partial charge in [0.2, 0.25) is 0 Å². The number of hydrogen-bond acceptors (Lipinski definition) is 3. The Kier molecular flexibility index (Phi) is 6.14. The van der Waals surface area contributed by atoms with Crippen LogP contribution in [0.1, 0.15) is 67.2 Å². The van der Waals surface area contributed by atoms with E-state index in [1.54, 1.807) is 23.1 Å². The van der Waals surface area contributed by atoms with E-state index in [0.29, 0.717) is 17.1 Å². The number of carbonyl (C=O) groups is 1. The molecule has 0 saturated carbocycles.